The van der Waals surface area contributed by atoms with Crippen LogP contribution >= 0.6 is 0 Å². The number of fused-ring (bicyclic) bond motifs is 2. The number of hydrogen-bond donors (Lipinski definition) is 1. The second-order valence-electron chi connectivity index (χ2n) is 7.84. The van der Waals surface area contributed by atoms with Gasteiger partial charge in [0.15, 0.2) is 4.75 Å². The maximum absolute atomic E-state index is 13.4. The zero-order valence-corrected chi connectivity index (χ0v) is 18.0. The standard InChI is InChI=1S/C23H22N2O5S/c1-29-17-9-7-16(8-10-17)25-14-15-13-23(15,31(25,27)28)22(26)24-20-11-12-21(30-2)19-6-4-3-5-18(19)20/h3-12,15H,13-14H2,1-2H3,(H,24,26). The van der Waals surface area contributed by atoms with Crippen LogP contribution in [0.4, 0.5) is 11.4 Å². The summed E-state index contributed by atoms with van der Waals surface area (Å²) in [6, 6.07) is 17.9. The van der Waals surface area contributed by atoms with E-state index in [0.29, 0.717) is 35.8 Å². The number of carbonyl (C=O) groups is 1. The van der Waals surface area contributed by atoms with E-state index in [4.69, 9.17) is 9.47 Å². The zero-order valence-electron chi connectivity index (χ0n) is 17.2. The largest absolute Gasteiger partial charge is 0.497 e. The molecule has 1 heterocycles. The minimum atomic E-state index is -3.86. The molecule has 2 unspecified atom stereocenters. The molecule has 31 heavy (non-hydrogen) atoms. The predicted octanol–water partition coefficient (Wildman–Crippen LogP) is 3.40. The topological polar surface area (TPSA) is 84.9 Å². The van der Waals surface area contributed by atoms with Crippen molar-refractivity contribution in [2.24, 2.45) is 5.92 Å². The van der Waals surface area contributed by atoms with E-state index >= 15 is 0 Å². The van der Waals surface area contributed by atoms with Crippen molar-refractivity contribution in [2.45, 2.75) is 11.2 Å². The Bertz CT molecular complexity index is 1290. The van der Waals surface area contributed by atoms with Crippen molar-refractivity contribution in [3.05, 3.63) is 60.7 Å². The van der Waals surface area contributed by atoms with Gasteiger partial charge in [-0.3, -0.25) is 9.10 Å². The molecule has 5 rings (SSSR count). The lowest BCUT2D eigenvalue weighted by molar-refractivity contribution is -0.116. The van der Waals surface area contributed by atoms with E-state index in [2.05, 4.69) is 5.32 Å². The number of anilines is 2. The first kappa shape index (κ1) is 19.7. The lowest BCUT2D eigenvalue weighted by atomic mass is 10.1. The Morgan fingerprint density at radius 3 is 2.39 bits per heavy atom. The van der Waals surface area contributed by atoms with Gasteiger partial charge in [0.1, 0.15) is 11.5 Å². The number of rotatable bonds is 5. The Morgan fingerprint density at radius 1 is 1.00 bits per heavy atom. The van der Waals surface area contributed by atoms with E-state index in [-0.39, 0.29) is 5.92 Å². The van der Waals surface area contributed by atoms with Crippen LogP contribution in [0.5, 0.6) is 11.5 Å². The molecule has 1 aliphatic carbocycles. The lowest BCUT2D eigenvalue weighted by Gasteiger charge is -2.23. The highest BCUT2D eigenvalue weighted by molar-refractivity contribution is 7.95. The molecule has 1 aliphatic heterocycles. The number of sulfonamides is 1. The van der Waals surface area contributed by atoms with Crippen molar-refractivity contribution in [1.82, 2.24) is 0 Å². The number of nitrogens with zero attached hydrogens (tertiary/aromatic N) is 1. The minimum Gasteiger partial charge on any atom is -0.497 e. The van der Waals surface area contributed by atoms with Crippen molar-refractivity contribution < 1.29 is 22.7 Å². The summed E-state index contributed by atoms with van der Waals surface area (Å²) in [5.74, 6) is 0.618. The average molecular weight is 439 g/mol. The zero-order chi connectivity index (χ0) is 21.8. The quantitative estimate of drug-likeness (QED) is 0.660. The van der Waals surface area contributed by atoms with Crippen LogP contribution in [-0.2, 0) is 14.8 Å². The molecule has 160 valence electrons. The van der Waals surface area contributed by atoms with E-state index in [1.165, 1.54) is 4.31 Å². The van der Waals surface area contributed by atoms with Gasteiger partial charge < -0.3 is 14.8 Å². The van der Waals surface area contributed by atoms with Crippen LogP contribution in [0.25, 0.3) is 10.8 Å². The van der Waals surface area contributed by atoms with Crippen LogP contribution < -0.4 is 19.1 Å². The van der Waals surface area contributed by atoms with Crippen LogP contribution in [0.15, 0.2) is 60.7 Å². The molecule has 0 bridgehead atoms. The summed E-state index contributed by atoms with van der Waals surface area (Å²) >= 11 is 0. The molecule has 3 aromatic carbocycles. The molecule has 0 spiro atoms. The van der Waals surface area contributed by atoms with E-state index in [1.807, 2.05) is 24.3 Å². The van der Waals surface area contributed by atoms with Gasteiger partial charge in [0, 0.05) is 28.9 Å². The van der Waals surface area contributed by atoms with Gasteiger partial charge in [0.2, 0.25) is 15.9 Å². The molecule has 1 amide bonds. The van der Waals surface area contributed by atoms with Gasteiger partial charge in [0.25, 0.3) is 0 Å². The van der Waals surface area contributed by atoms with Gasteiger partial charge >= 0.3 is 0 Å². The maximum atomic E-state index is 13.4. The van der Waals surface area contributed by atoms with Crippen LogP contribution in [-0.4, -0.2) is 39.8 Å². The molecule has 7 nitrogen and oxygen atoms in total. The minimum absolute atomic E-state index is 0.232. The highest BCUT2D eigenvalue weighted by atomic mass is 32.2. The number of ether oxygens (including phenoxy) is 2. The van der Waals surface area contributed by atoms with Gasteiger partial charge in [-0.15, -0.1) is 0 Å². The first-order chi connectivity index (χ1) is 14.9. The lowest BCUT2D eigenvalue weighted by Crippen LogP contribution is -2.42. The van der Waals surface area contributed by atoms with E-state index in [0.717, 1.165) is 10.8 Å². The molecule has 1 saturated carbocycles. The molecule has 1 N–H and O–H groups in total. The van der Waals surface area contributed by atoms with Gasteiger partial charge in [0.05, 0.1) is 19.9 Å². The number of amides is 1. The third-order valence-electron chi connectivity index (χ3n) is 6.28. The Hall–Kier alpha value is -3.26. The van der Waals surface area contributed by atoms with Crippen molar-refractivity contribution in [1.29, 1.82) is 0 Å². The molecule has 8 heteroatoms. The molecule has 2 fully saturated rings. The number of methoxy groups -OCH3 is 2. The van der Waals surface area contributed by atoms with E-state index < -0.39 is 20.7 Å². The van der Waals surface area contributed by atoms with Crippen LogP contribution in [0.3, 0.4) is 0 Å². The summed E-state index contributed by atoms with van der Waals surface area (Å²) in [5.41, 5.74) is 1.11. The van der Waals surface area contributed by atoms with Gasteiger partial charge in [-0.25, -0.2) is 8.42 Å². The first-order valence-corrected chi connectivity index (χ1v) is 11.4. The van der Waals surface area contributed by atoms with Gasteiger partial charge in [-0.05, 0) is 42.8 Å². The Kier molecular flexibility index (Phi) is 4.37. The van der Waals surface area contributed by atoms with Crippen molar-refractivity contribution >= 4 is 38.1 Å². The van der Waals surface area contributed by atoms with Crippen molar-refractivity contribution in [3.63, 3.8) is 0 Å². The van der Waals surface area contributed by atoms with Crippen LogP contribution in [0, 0.1) is 5.92 Å². The molecule has 0 radical (unpaired) electrons. The fraction of sp³-hybridized carbons (Fsp3) is 0.261. The second kappa shape index (κ2) is 6.88. The van der Waals surface area contributed by atoms with Crippen molar-refractivity contribution in [2.75, 3.05) is 30.4 Å². The SMILES string of the molecule is COc1ccc(N2CC3CC3(C(=O)Nc3ccc(OC)c4ccccc34)S2(=O)=O)cc1. The maximum Gasteiger partial charge on any atom is 0.250 e. The third kappa shape index (κ3) is 2.78. The normalized spacial score (nSPS) is 23.3. The first-order valence-electron chi connectivity index (χ1n) is 9.96. The average Bonchev–Trinajstić information content (AvgIpc) is 3.49. The molecule has 2 atom stereocenters. The summed E-state index contributed by atoms with van der Waals surface area (Å²) in [7, 11) is -0.711. The number of hydrogen-bond acceptors (Lipinski definition) is 5. The highest BCUT2D eigenvalue weighted by Gasteiger charge is 2.75. The summed E-state index contributed by atoms with van der Waals surface area (Å²) in [6.07, 6.45) is 0.335. The fourth-order valence-electron chi connectivity index (χ4n) is 4.50. The van der Waals surface area contributed by atoms with E-state index in [1.54, 1.807) is 50.6 Å². The molecule has 1 saturated heterocycles. The van der Waals surface area contributed by atoms with Crippen LogP contribution in [0.1, 0.15) is 6.42 Å². The monoisotopic (exact) mass is 438 g/mol. The Labute approximate surface area is 180 Å². The number of benzene rings is 3. The Morgan fingerprint density at radius 2 is 1.71 bits per heavy atom. The molecule has 0 aromatic heterocycles. The molecular weight excluding hydrogens is 416 g/mol. The van der Waals surface area contributed by atoms with Crippen molar-refractivity contribution in [3.8, 4) is 11.5 Å². The van der Waals surface area contributed by atoms with Gasteiger partial charge in [-0.2, -0.15) is 0 Å². The number of carbonyl (C=O) groups excluding carboxylic acids is 1. The third-order valence-corrected chi connectivity index (χ3v) is 8.83. The Balaban J connectivity index is 1.46. The number of nitrogens with one attached hydrogen (secondary N) is 1. The highest BCUT2D eigenvalue weighted by Crippen LogP contribution is 2.58. The summed E-state index contributed by atoms with van der Waals surface area (Å²) in [6.45, 7) is 0.297. The van der Waals surface area contributed by atoms with E-state index in [9.17, 15) is 13.2 Å². The smallest absolute Gasteiger partial charge is 0.250 e. The molecule has 3 aromatic rings. The molecular formula is C23H22N2O5S. The summed E-state index contributed by atoms with van der Waals surface area (Å²) < 4.78 is 37.3. The molecule has 2 aliphatic rings. The predicted molar refractivity (Wildman–Crippen MR) is 119 cm³/mol. The van der Waals surface area contributed by atoms with Gasteiger partial charge in [-0.1, -0.05) is 24.3 Å². The second-order valence-corrected chi connectivity index (χ2v) is 9.96. The summed E-state index contributed by atoms with van der Waals surface area (Å²) in [4.78, 5) is 13.3. The van der Waals surface area contributed by atoms with Crippen LogP contribution in [0.2, 0.25) is 0 Å². The summed E-state index contributed by atoms with van der Waals surface area (Å²) in [5, 5.41) is 4.53. The fourth-order valence-corrected chi connectivity index (χ4v) is 6.87.